The molecule has 0 spiro atoms. The zero-order valence-corrected chi connectivity index (χ0v) is 9.73. The minimum atomic E-state index is -1.39. The van der Waals surface area contributed by atoms with E-state index in [9.17, 15) is 15.3 Å². The molecule has 6 nitrogen and oxygen atoms in total. The molecule has 0 radical (unpaired) electrons. The smallest absolute Gasteiger partial charge is 0.246 e. The maximum Gasteiger partial charge on any atom is 0.246 e. The van der Waals surface area contributed by atoms with E-state index in [1.807, 2.05) is 6.07 Å². The van der Waals surface area contributed by atoms with Gasteiger partial charge in [-0.2, -0.15) is 10.5 Å². The molecular formula is C12H13N5O. The van der Waals surface area contributed by atoms with E-state index in [-0.39, 0.29) is 35.3 Å². The first-order valence-electron chi connectivity index (χ1n) is 6.04. The van der Waals surface area contributed by atoms with E-state index in [4.69, 9.17) is 5.73 Å². The Hall–Kier alpha value is -2.21. The van der Waals surface area contributed by atoms with Gasteiger partial charge in [0.05, 0.1) is 11.6 Å². The van der Waals surface area contributed by atoms with Crippen LogP contribution in [0.3, 0.4) is 0 Å². The van der Waals surface area contributed by atoms with Crippen molar-refractivity contribution in [3.8, 4) is 12.1 Å². The maximum atomic E-state index is 12.2. The predicted molar refractivity (Wildman–Crippen MR) is 61.1 cm³/mol. The Morgan fingerprint density at radius 3 is 2.56 bits per heavy atom. The lowest BCUT2D eigenvalue weighted by atomic mass is 9.62. The summed E-state index contributed by atoms with van der Waals surface area (Å²) >= 11 is 0. The fourth-order valence-corrected chi connectivity index (χ4v) is 3.65. The van der Waals surface area contributed by atoms with Gasteiger partial charge in [-0.25, -0.2) is 0 Å². The van der Waals surface area contributed by atoms with Gasteiger partial charge in [0.1, 0.15) is 11.9 Å². The average molecular weight is 243 g/mol. The molecule has 18 heavy (non-hydrogen) atoms. The van der Waals surface area contributed by atoms with Crippen LogP contribution in [-0.2, 0) is 4.79 Å². The second-order valence-electron chi connectivity index (χ2n) is 5.11. The highest BCUT2D eigenvalue weighted by atomic mass is 16.2. The molecule has 4 N–H and O–H groups in total. The molecule has 0 aromatic carbocycles. The Kier molecular flexibility index (Phi) is 2.06. The van der Waals surface area contributed by atoms with Crippen LogP contribution in [0.15, 0.2) is 11.4 Å². The summed E-state index contributed by atoms with van der Waals surface area (Å²) < 4.78 is 0. The number of hydrogen-bond donors (Lipinski definition) is 3. The van der Waals surface area contributed by atoms with E-state index >= 15 is 0 Å². The molecule has 1 amide bonds. The molecule has 1 saturated carbocycles. The normalized spacial score (nSPS) is 41.2. The zero-order valence-electron chi connectivity index (χ0n) is 9.73. The molecule has 3 aliphatic rings. The van der Waals surface area contributed by atoms with Crippen LogP contribution in [0.2, 0.25) is 0 Å². The van der Waals surface area contributed by atoms with Gasteiger partial charge in [0.25, 0.3) is 0 Å². The quantitative estimate of drug-likeness (QED) is 0.528. The fourth-order valence-electron chi connectivity index (χ4n) is 3.65. The van der Waals surface area contributed by atoms with Crippen LogP contribution >= 0.6 is 0 Å². The van der Waals surface area contributed by atoms with E-state index in [0.29, 0.717) is 0 Å². The van der Waals surface area contributed by atoms with Crippen LogP contribution < -0.4 is 16.4 Å². The molecule has 2 fully saturated rings. The summed E-state index contributed by atoms with van der Waals surface area (Å²) in [7, 11) is 0. The first-order valence-corrected chi connectivity index (χ1v) is 6.04. The van der Waals surface area contributed by atoms with Crippen molar-refractivity contribution in [3.63, 3.8) is 0 Å². The summed E-state index contributed by atoms with van der Waals surface area (Å²) in [4.78, 5) is 12.2. The molecule has 2 heterocycles. The number of nitriles is 2. The molecule has 92 valence electrons. The van der Waals surface area contributed by atoms with Crippen molar-refractivity contribution in [2.75, 3.05) is 0 Å². The highest BCUT2D eigenvalue weighted by Gasteiger charge is 2.64. The summed E-state index contributed by atoms with van der Waals surface area (Å²) in [6, 6.07) is 3.99. The molecule has 3 rings (SSSR count). The largest absolute Gasteiger partial charge is 0.385 e. The van der Waals surface area contributed by atoms with Gasteiger partial charge in [0.15, 0.2) is 5.41 Å². The Bertz CT molecular complexity index is 540. The number of carbonyl (C=O) groups excluding carboxylic acids is 1. The fraction of sp³-hybridized carbons (Fsp3) is 0.583. The zero-order chi connectivity index (χ0) is 12.9. The van der Waals surface area contributed by atoms with Gasteiger partial charge < -0.3 is 16.4 Å². The van der Waals surface area contributed by atoms with Gasteiger partial charge >= 0.3 is 0 Å². The van der Waals surface area contributed by atoms with E-state index < -0.39 is 5.41 Å². The number of nitrogens with zero attached hydrogens (tertiary/aromatic N) is 2. The summed E-state index contributed by atoms with van der Waals surface area (Å²) in [6.45, 7) is 0. The number of amides is 1. The third kappa shape index (κ3) is 1.03. The second-order valence-corrected chi connectivity index (χ2v) is 5.11. The third-order valence-corrected chi connectivity index (χ3v) is 4.36. The molecule has 2 unspecified atom stereocenters. The molecule has 1 saturated heterocycles. The molecule has 6 heteroatoms. The lowest BCUT2D eigenvalue weighted by Gasteiger charge is -2.42. The van der Waals surface area contributed by atoms with Crippen LogP contribution in [0.4, 0.5) is 0 Å². The van der Waals surface area contributed by atoms with E-state index in [0.717, 1.165) is 19.3 Å². The lowest BCUT2D eigenvalue weighted by Crippen LogP contribution is -2.56. The van der Waals surface area contributed by atoms with Crippen molar-refractivity contribution >= 4 is 5.91 Å². The van der Waals surface area contributed by atoms with Gasteiger partial charge in [0, 0.05) is 18.0 Å². The van der Waals surface area contributed by atoms with Crippen molar-refractivity contribution in [1.29, 1.82) is 10.5 Å². The number of hydrogen-bond acceptors (Lipinski definition) is 5. The molecular weight excluding hydrogens is 230 g/mol. The minimum Gasteiger partial charge on any atom is -0.385 e. The summed E-state index contributed by atoms with van der Waals surface area (Å²) in [5, 5.41) is 24.7. The number of carbonyl (C=O) groups is 1. The summed E-state index contributed by atoms with van der Waals surface area (Å²) in [6.07, 6.45) is 2.71. The maximum absolute atomic E-state index is 12.2. The molecule has 2 aliphatic heterocycles. The summed E-state index contributed by atoms with van der Waals surface area (Å²) in [5.74, 6) is -0.378. The molecule has 0 bridgehead atoms. The minimum absolute atomic E-state index is 0.000509. The average Bonchev–Trinajstić information content (AvgIpc) is 2.65. The Morgan fingerprint density at radius 1 is 1.28 bits per heavy atom. The van der Waals surface area contributed by atoms with E-state index in [1.54, 1.807) is 0 Å². The van der Waals surface area contributed by atoms with E-state index in [2.05, 4.69) is 16.7 Å². The topological polar surface area (TPSA) is 115 Å². The number of nitrogens with two attached hydrogens (primary N) is 1. The van der Waals surface area contributed by atoms with Gasteiger partial charge in [-0.05, 0) is 19.3 Å². The first kappa shape index (κ1) is 10.9. The van der Waals surface area contributed by atoms with Crippen molar-refractivity contribution in [3.05, 3.63) is 11.4 Å². The van der Waals surface area contributed by atoms with Crippen molar-refractivity contribution in [2.24, 2.45) is 17.1 Å². The van der Waals surface area contributed by atoms with E-state index in [1.165, 1.54) is 0 Å². The van der Waals surface area contributed by atoms with Crippen LogP contribution in [0, 0.1) is 34.0 Å². The van der Waals surface area contributed by atoms with Crippen molar-refractivity contribution in [2.45, 2.75) is 31.3 Å². The first-order chi connectivity index (χ1) is 8.65. The van der Waals surface area contributed by atoms with Crippen LogP contribution in [0.25, 0.3) is 0 Å². The van der Waals surface area contributed by atoms with Gasteiger partial charge in [0.2, 0.25) is 5.91 Å². The lowest BCUT2D eigenvalue weighted by molar-refractivity contribution is -0.124. The molecule has 0 aromatic heterocycles. The van der Waals surface area contributed by atoms with Crippen molar-refractivity contribution < 1.29 is 4.79 Å². The number of nitrogens with one attached hydrogen (secondary N) is 2. The summed E-state index contributed by atoms with van der Waals surface area (Å²) in [5.41, 5.74) is 4.51. The highest BCUT2D eigenvalue weighted by molar-refractivity contribution is 5.94. The Balaban J connectivity index is 2.24. The Morgan fingerprint density at radius 2 is 1.94 bits per heavy atom. The molecule has 1 aliphatic carbocycles. The monoisotopic (exact) mass is 243 g/mol. The second kappa shape index (κ2) is 3.39. The Labute approximate surface area is 104 Å². The SMILES string of the molecule is N#CC1=C(N)NC2CCC[C@H]3NC(=O)[C@]1(C#N)C23. The van der Waals surface area contributed by atoms with Crippen LogP contribution in [0.5, 0.6) is 0 Å². The van der Waals surface area contributed by atoms with Gasteiger partial charge in [-0.15, -0.1) is 0 Å². The number of rotatable bonds is 0. The molecule has 4 atom stereocenters. The third-order valence-electron chi connectivity index (χ3n) is 4.36. The standard InChI is InChI=1S/C12H13N5O/c13-4-6-10(15)16-7-2-1-3-8-9(7)12(6,5-14)11(18)17-8/h7-9,16H,1-3,15H2,(H,17,18)/t7?,8-,9?,12+/m1/s1. The highest BCUT2D eigenvalue weighted by Crippen LogP contribution is 2.50. The molecule has 0 aromatic rings. The van der Waals surface area contributed by atoms with Gasteiger partial charge in [-0.1, -0.05) is 0 Å². The van der Waals surface area contributed by atoms with Crippen molar-refractivity contribution in [1.82, 2.24) is 10.6 Å². The van der Waals surface area contributed by atoms with Crippen LogP contribution in [-0.4, -0.2) is 18.0 Å². The predicted octanol–water partition coefficient (Wildman–Crippen LogP) is -0.539. The van der Waals surface area contributed by atoms with Crippen LogP contribution in [0.1, 0.15) is 19.3 Å². The van der Waals surface area contributed by atoms with Gasteiger partial charge in [-0.3, -0.25) is 4.79 Å².